The van der Waals surface area contributed by atoms with Gasteiger partial charge < -0.3 is 14.6 Å². The summed E-state index contributed by atoms with van der Waals surface area (Å²) in [5.74, 6) is -2.58. The SMILES string of the molecule is CCOP(=O)(OC(=O)[C@]1(C(C)=O)CCCN1)C(CCc1ccccc1)NC(=O)OCc1ccccc1. The first-order valence-corrected chi connectivity index (χ1v) is 13.7. The number of rotatable bonds is 12. The summed E-state index contributed by atoms with van der Waals surface area (Å²) in [6, 6.07) is 18.5. The zero-order valence-electron chi connectivity index (χ0n) is 20.6. The Morgan fingerprint density at radius 3 is 2.25 bits per heavy atom. The first-order chi connectivity index (χ1) is 17.3. The molecule has 3 atom stereocenters. The van der Waals surface area contributed by atoms with E-state index in [1.165, 1.54) is 6.92 Å². The van der Waals surface area contributed by atoms with E-state index < -0.39 is 36.8 Å². The Kier molecular flexibility index (Phi) is 9.81. The van der Waals surface area contributed by atoms with Crippen LogP contribution in [-0.2, 0) is 41.0 Å². The van der Waals surface area contributed by atoms with Crippen LogP contribution in [0.2, 0.25) is 0 Å². The number of alkyl carbamates (subject to hydrolysis) is 1. The number of ketones is 1. The molecule has 0 radical (unpaired) electrons. The van der Waals surface area contributed by atoms with Gasteiger partial charge in [-0.1, -0.05) is 60.7 Å². The molecule has 1 aliphatic heterocycles. The lowest BCUT2D eigenvalue weighted by Gasteiger charge is -2.30. The van der Waals surface area contributed by atoms with Crippen molar-refractivity contribution in [3.05, 3.63) is 71.8 Å². The maximum absolute atomic E-state index is 14.0. The summed E-state index contributed by atoms with van der Waals surface area (Å²) < 4.78 is 30.3. The third-order valence-corrected chi connectivity index (χ3v) is 8.24. The zero-order valence-corrected chi connectivity index (χ0v) is 21.5. The van der Waals surface area contributed by atoms with Crippen LogP contribution in [0.15, 0.2) is 60.7 Å². The van der Waals surface area contributed by atoms with Crippen molar-refractivity contribution in [1.29, 1.82) is 0 Å². The normalized spacial score (nSPS) is 19.6. The molecule has 3 rings (SSSR count). The molecular formula is C26H33N2O7P. The number of aryl methyl sites for hydroxylation is 1. The molecule has 2 aromatic carbocycles. The molecule has 2 N–H and O–H groups in total. The van der Waals surface area contributed by atoms with E-state index in [1.54, 1.807) is 6.92 Å². The summed E-state index contributed by atoms with van der Waals surface area (Å²) in [5.41, 5.74) is 0.141. The van der Waals surface area contributed by atoms with Crippen LogP contribution in [0, 0.1) is 0 Å². The van der Waals surface area contributed by atoms with Crippen molar-refractivity contribution in [1.82, 2.24) is 10.6 Å². The number of benzene rings is 2. The van der Waals surface area contributed by atoms with Crippen molar-refractivity contribution in [3.8, 4) is 0 Å². The number of ether oxygens (including phenoxy) is 1. The minimum Gasteiger partial charge on any atom is -0.445 e. The summed E-state index contributed by atoms with van der Waals surface area (Å²) >= 11 is 0. The van der Waals surface area contributed by atoms with E-state index in [9.17, 15) is 18.9 Å². The molecule has 0 aromatic heterocycles. The van der Waals surface area contributed by atoms with Crippen molar-refractivity contribution in [2.45, 2.75) is 57.5 Å². The number of nitrogens with one attached hydrogen (secondary N) is 2. The van der Waals surface area contributed by atoms with Gasteiger partial charge in [-0.05, 0) is 57.2 Å². The molecule has 2 aromatic rings. The Bertz CT molecular complexity index is 1070. The first-order valence-electron chi connectivity index (χ1n) is 12.0. The summed E-state index contributed by atoms with van der Waals surface area (Å²) in [7, 11) is -4.26. The van der Waals surface area contributed by atoms with Crippen LogP contribution in [0.3, 0.4) is 0 Å². The van der Waals surface area contributed by atoms with Gasteiger partial charge in [0.25, 0.3) is 0 Å². The molecule has 0 spiro atoms. The van der Waals surface area contributed by atoms with Crippen LogP contribution >= 0.6 is 7.60 Å². The lowest BCUT2D eigenvalue weighted by atomic mass is 9.93. The molecule has 0 saturated carbocycles. The summed E-state index contributed by atoms with van der Waals surface area (Å²) in [6.07, 6.45) is 0.571. The molecule has 2 unspecified atom stereocenters. The van der Waals surface area contributed by atoms with Crippen LogP contribution in [0.4, 0.5) is 4.79 Å². The second-order valence-electron chi connectivity index (χ2n) is 8.57. The Balaban J connectivity index is 1.80. The third-order valence-electron chi connectivity index (χ3n) is 6.05. The highest BCUT2D eigenvalue weighted by atomic mass is 31.2. The van der Waals surface area contributed by atoms with Gasteiger partial charge in [0, 0.05) is 0 Å². The number of carbonyl (C=O) groups excluding carboxylic acids is 3. The highest BCUT2D eigenvalue weighted by Gasteiger charge is 2.51. The molecule has 1 heterocycles. The van der Waals surface area contributed by atoms with Gasteiger partial charge in [0.05, 0.1) is 6.61 Å². The van der Waals surface area contributed by atoms with E-state index in [2.05, 4.69) is 10.6 Å². The molecule has 194 valence electrons. The smallest absolute Gasteiger partial charge is 0.408 e. The number of carbonyl (C=O) groups is 3. The Labute approximate surface area is 211 Å². The van der Waals surface area contributed by atoms with Crippen LogP contribution in [0.5, 0.6) is 0 Å². The van der Waals surface area contributed by atoms with Gasteiger partial charge in [-0.15, -0.1) is 0 Å². The Morgan fingerprint density at radius 2 is 1.69 bits per heavy atom. The number of hydrogen-bond donors (Lipinski definition) is 2. The zero-order chi connectivity index (χ0) is 26.0. The largest absolute Gasteiger partial charge is 0.445 e. The fourth-order valence-electron chi connectivity index (χ4n) is 4.07. The maximum atomic E-state index is 14.0. The molecule has 1 aliphatic rings. The van der Waals surface area contributed by atoms with Gasteiger partial charge in [-0.25, -0.2) is 14.2 Å². The van der Waals surface area contributed by atoms with Crippen molar-refractivity contribution in [3.63, 3.8) is 0 Å². The van der Waals surface area contributed by atoms with Crippen LogP contribution < -0.4 is 10.6 Å². The van der Waals surface area contributed by atoms with E-state index >= 15 is 0 Å². The summed E-state index contributed by atoms with van der Waals surface area (Å²) in [4.78, 5) is 38.2. The van der Waals surface area contributed by atoms with Crippen LogP contribution in [-0.4, -0.2) is 42.3 Å². The highest BCUT2D eigenvalue weighted by molar-refractivity contribution is 7.55. The monoisotopic (exact) mass is 516 g/mol. The molecule has 1 amide bonds. The summed E-state index contributed by atoms with van der Waals surface area (Å²) in [6.45, 7) is 3.32. The number of hydrogen-bond acceptors (Lipinski definition) is 8. The predicted molar refractivity (Wildman–Crippen MR) is 134 cm³/mol. The van der Waals surface area contributed by atoms with Crippen molar-refractivity contribution in [2.24, 2.45) is 0 Å². The van der Waals surface area contributed by atoms with E-state index in [1.807, 2.05) is 60.7 Å². The van der Waals surface area contributed by atoms with Gasteiger partial charge in [-0.3, -0.25) is 14.6 Å². The molecular weight excluding hydrogens is 483 g/mol. The molecule has 10 heteroatoms. The minimum absolute atomic E-state index is 0.00811. The average molecular weight is 517 g/mol. The second-order valence-corrected chi connectivity index (χ2v) is 10.7. The Hall–Kier alpha value is -3.00. The van der Waals surface area contributed by atoms with Gasteiger partial charge in [-0.2, -0.15) is 0 Å². The molecule has 9 nitrogen and oxygen atoms in total. The van der Waals surface area contributed by atoms with E-state index in [-0.39, 0.29) is 26.1 Å². The van der Waals surface area contributed by atoms with Crippen LogP contribution in [0.25, 0.3) is 0 Å². The second kappa shape index (κ2) is 12.8. The summed E-state index contributed by atoms with van der Waals surface area (Å²) in [5, 5.41) is 5.49. The van der Waals surface area contributed by atoms with Gasteiger partial charge in [0.1, 0.15) is 12.4 Å². The molecule has 1 saturated heterocycles. The molecule has 0 bridgehead atoms. The highest BCUT2D eigenvalue weighted by Crippen LogP contribution is 2.54. The predicted octanol–water partition coefficient (Wildman–Crippen LogP) is 4.36. The number of amides is 1. The topological polar surface area (TPSA) is 120 Å². The quantitative estimate of drug-likeness (QED) is 0.316. The third kappa shape index (κ3) is 7.03. The standard InChI is InChI=1S/C26H33N2O7P/c1-3-34-36(32,35-24(30)26(20(2)29)17-10-18-27-26)23(16-15-21-11-6-4-7-12-21)28-25(31)33-19-22-13-8-5-9-14-22/h4-9,11-14,23,27H,3,10,15-19H2,1-2H3,(H,28,31)/t23?,26-,36?/m1/s1. The van der Waals surface area contributed by atoms with E-state index in [0.717, 1.165) is 11.1 Å². The maximum Gasteiger partial charge on any atom is 0.408 e. The van der Waals surface area contributed by atoms with Crippen molar-refractivity contribution < 1.29 is 32.7 Å². The fraction of sp³-hybridized carbons (Fsp3) is 0.423. The first kappa shape index (κ1) is 27.6. The van der Waals surface area contributed by atoms with E-state index in [0.29, 0.717) is 19.4 Å². The van der Waals surface area contributed by atoms with Crippen molar-refractivity contribution >= 4 is 25.4 Å². The van der Waals surface area contributed by atoms with Crippen molar-refractivity contribution in [2.75, 3.05) is 13.2 Å². The fourth-order valence-corrected chi connectivity index (χ4v) is 5.89. The lowest BCUT2D eigenvalue weighted by Crippen LogP contribution is -2.54. The molecule has 36 heavy (non-hydrogen) atoms. The van der Waals surface area contributed by atoms with Gasteiger partial charge >= 0.3 is 19.7 Å². The average Bonchev–Trinajstić information content (AvgIpc) is 3.38. The Morgan fingerprint density at radius 1 is 1.06 bits per heavy atom. The number of Topliss-reactive ketones (excluding diaryl/α,β-unsaturated/α-hetero) is 1. The molecule has 0 aliphatic carbocycles. The van der Waals surface area contributed by atoms with Gasteiger partial charge in [0.15, 0.2) is 11.3 Å². The van der Waals surface area contributed by atoms with E-state index in [4.69, 9.17) is 13.8 Å². The minimum atomic E-state index is -4.26. The van der Waals surface area contributed by atoms with Gasteiger partial charge in [0.2, 0.25) is 0 Å². The molecule has 1 fully saturated rings. The lowest BCUT2D eigenvalue weighted by molar-refractivity contribution is -0.147. The van der Waals surface area contributed by atoms with Crippen LogP contribution in [0.1, 0.15) is 44.2 Å².